The van der Waals surface area contributed by atoms with Crippen LogP contribution in [0.15, 0.2) is 70.6 Å². The number of hydrogen-bond donors (Lipinski definition) is 0. The molecule has 0 heterocycles. The second-order valence-corrected chi connectivity index (χ2v) is 3.81. The molecule has 2 aromatic rings. The van der Waals surface area contributed by atoms with E-state index in [-0.39, 0.29) is 0 Å². The Kier molecular flexibility index (Phi) is 12.6. The van der Waals surface area contributed by atoms with Gasteiger partial charge in [-0.1, -0.05) is 36.4 Å². The van der Waals surface area contributed by atoms with Gasteiger partial charge < -0.3 is 9.47 Å². The average molecular weight is 286 g/mol. The number of rotatable bonds is 2. The molecule has 2 aromatic carbocycles. The first kappa shape index (κ1) is 18.7. The van der Waals surface area contributed by atoms with Crippen LogP contribution in [0.3, 0.4) is 0 Å². The molecular weight excluding hydrogens is 264 g/mol. The molecule has 0 spiro atoms. The van der Waals surface area contributed by atoms with Gasteiger partial charge in [0, 0.05) is 28.4 Å². The van der Waals surface area contributed by atoms with E-state index in [4.69, 9.17) is 0 Å². The Morgan fingerprint density at radius 3 is 1.19 bits per heavy atom. The molecule has 0 aliphatic rings. The third kappa shape index (κ3) is 11.3. The standard InChI is InChI=1S/C13H10N2.2C2H6O/c1-3-7-12(8-4-1)14-11-15-13-9-5-2-6-10-13;2*1-3-2/h1-10H;2*1-2H3. The molecule has 2 rings (SSSR count). The van der Waals surface area contributed by atoms with Crippen LogP contribution in [0.4, 0.5) is 11.4 Å². The Labute approximate surface area is 126 Å². The lowest BCUT2D eigenvalue weighted by atomic mass is 10.3. The maximum Gasteiger partial charge on any atom is 0.100 e. The third-order valence-corrected chi connectivity index (χ3v) is 1.87. The van der Waals surface area contributed by atoms with E-state index in [1.54, 1.807) is 28.4 Å². The van der Waals surface area contributed by atoms with Crippen LogP contribution in [-0.4, -0.2) is 34.4 Å². The van der Waals surface area contributed by atoms with Gasteiger partial charge in [-0.3, -0.25) is 0 Å². The summed E-state index contributed by atoms with van der Waals surface area (Å²) < 4.78 is 8.50. The van der Waals surface area contributed by atoms with Crippen LogP contribution in [0.1, 0.15) is 0 Å². The van der Waals surface area contributed by atoms with E-state index >= 15 is 0 Å². The number of hydrogen-bond acceptors (Lipinski definition) is 4. The molecule has 0 radical (unpaired) electrons. The van der Waals surface area contributed by atoms with Crippen molar-refractivity contribution < 1.29 is 9.47 Å². The van der Waals surface area contributed by atoms with E-state index in [1.807, 2.05) is 60.7 Å². The molecule has 0 aliphatic carbocycles. The lowest BCUT2D eigenvalue weighted by Crippen LogP contribution is -1.63. The molecule has 4 nitrogen and oxygen atoms in total. The Morgan fingerprint density at radius 1 is 0.619 bits per heavy atom. The van der Waals surface area contributed by atoms with E-state index in [2.05, 4.69) is 25.5 Å². The van der Waals surface area contributed by atoms with Gasteiger partial charge in [0.25, 0.3) is 0 Å². The Hall–Kier alpha value is -2.26. The highest BCUT2D eigenvalue weighted by atomic mass is 16.5. The van der Waals surface area contributed by atoms with Crippen molar-refractivity contribution in [1.29, 1.82) is 0 Å². The van der Waals surface area contributed by atoms with Gasteiger partial charge in [-0.05, 0) is 24.3 Å². The summed E-state index contributed by atoms with van der Waals surface area (Å²) in [6, 6.07) is 21.9. The Morgan fingerprint density at radius 2 is 0.905 bits per heavy atom. The van der Waals surface area contributed by atoms with E-state index < -0.39 is 0 Å². The lowest BCUT2D eigenvalue weighted by Gasteiger charge is -1.87. The molecule has 0 saturated carbocycles. The van der Waals surface area contributed by atoms with Crippen molar-refractivity contribution in [1.82, 2.24) is 0 Å². The number of ether oxygens (including phenoxy) is 2. The van der Waals surface area contributed by atoms with Gasteiger partial charge in [0.2, 0.25) is 0 Å². The number of benzene rings is 2. The minimum Gasteiger partial charge on any atom is -0.388 e. The van der Waals surface area contributed by atoms with Crippen molar-refractivity contribution in [3.8, 4) is 0 Å². The summed E-state index contributed by atoms with van der Waals surface area (Å²) in [4.78, 5) is 8.17. The molecule has 0 atom stereocenters. The van der Waals surface area contributed by atoms with Gasteiger partial charge in [-0.25, -0.2) is 0 Å². The van der Waals surface area contributed by atoms with Crippen LogP contribution in [0.2, 0.25) is 0 Å². The normalized spacial score (nSPS) is 8.19. The molecule has 0 bridgehead atoms. The molecule has 4 heteroatoms. The fourth-order valence-corrected chi connectivity index (χ4v) is 1.15. The van der Waals surface area contributed by atoms with Crippen molar-refractivity contribution >= 4 is 17.4 Å². The molecule has 0 aromatic heterocycles. The fourth-order valence-electron chi connectivity index (χ4n) is 1.15. The lowest BCUT2D eigenvalue weighted by molar-refractivity contribution is 0.277. The highest BCUT2D eigenvalue weighted by Gasteiger charge is 1.83. The second kappa shape index (κ2) is 14.2. The number of nitrogens with zero attached hydrogens (tertiary/aromatic N) is 2. The van der Waals surface area contributed by atoms with Gasteiger partial charge in [-0.15, -0.1) is 0 Å². The highest BCUT2D eigenvalue weighted by molar-refractivity contribution is 5.57. The van der Waals surface area contributed by atoms with Gasteiger partial charge in [0.05, 0.1) is 11.4 Å². The molecule has 0 N–H and O–H groups in total. The maximum atomic E-state index is 4.25. The first-order valence-corrected chi connectivity index (χ1v) is 6.35. The predicted octanol–water partition coefficient (Wildman–Crippen LogP) is 4.35. The van der Waals surface area contributed by atoms with Gasteiger partial charge >= 0.3 is 0 Å². The summed E-state index contributed by atoms with van der Waals surface area (Å²) in [7, 11) is 6.50. The summed E-state index contributed by atoms with van der Waals surface area (Å²) in [5.74, 6) is 0. The fraction of sp³-hybridized carbons (Fsp3) is 0.235. The van der Waals surface area contributed by atoms with E-state index in [0.717, 1.165) is 11.4 Å². The molecule has 0 fully saturated rings. The van der Waals surface area contributed by atoms with Gasteiger partial charge in [-0.2, -0.15) is 9.98 Å². The van der Waals surface area contributed by atoms with E-state index in [0.29, 0.717) is 0 Å². The first-order chi connectivity index (χ1) is 10.3. The third-order valence-electron chi connectivity index (χ3n) is 1.87. The summed E-state index contributed by atoms with van der Waals surface area (Å²) in [6.45, 7) is 0. The van der Waals surface area contributed by atoms with Crippen molar-refractivity contribution in [2.24, 2.45) is 9.98 Å². The van der Waals surface area contributed by atoms with Gasteiger partial charge in [0.15, 0.2) is 0 Å². The average Bonchev–Trinajstić information content (AvgIpc) is 2.51. The molecule has 0 amide bonds. The minimum absolute atomic E-state index is 0.859. The summed E-state index contributed by atoms with van der Waals surface area (Å²) >= 11 is 0. The highest BCUT2D eigenvalue weighted by Crippen LogP contribution is 2.10. The van der Waals surface area contributed by atoms with Crippen LogP contribution in [0, 0.1) is 0 Å². The predicted molar refractivity (Wildman–Crippen MR) is 87.9 cm³/mol. The number of aliphatic imine (C=N–C) groups is 2. The van der Waals surface area contributed by atoms with E-state index in [1.165, 1.54) is 0 Å². The Balaban J connectivity index is 0.000000578. The molecule has 0 saturated heterocycles. The van der Waals surface area contributed by atoms with Crippen molar-refractivity contribution in [3.05, 3.63) is 60.7 Å². The largest absolute Gasteiger partial charge is 0.388 e. The zero-order valence-corrected chi connectivity index (χ0v) is 13.0. The minimum atomic E-state index is 0.859. The molecular formula is C17H22N2O2. The monoisotopic (exact) mass is 286 g/mol. The first-order valence-electron chi connectivity index (χ1n) is 6.35. The quantitative estimate of drug-likeness (QED) is 0.770. The SMILES string of the molecule is C(=Nc1ccccc1)=Nc1ccccc1.COC.COC. The van der Waals surface area contributed by atoms with Crippen LogP contribution >= 0.6 is 0 Å². The second-order valence-electron chi connectivity index (χ2n) is 3.81. The summed E-state index contributed by atoms with van der Waals surface area (Å²) in [5, 5.41) is 0. The molecule has 0 aliphatic heterocycles. The number of methoxy groups -OCH3 is 2. The van der Waals surface area contributed by atoms with Crippen LogP contribution < -0.4 is 0 Å². The summed E-state index contributed by atoms with van der Waals surface area (Å²) in [6.07, 6.45) is 0. The van der Waals surface area contributed by atoms with Crippen molar-refractivity contribution in [3.63, 3.8) is 0 Å². The molecule has 0 unspecified atom stereocenters. The van der Waals surface area contributed by atoms with Crippen LogP contribution in [-0.2, 0) is 9.47 Å². The van der Waals surface area contributed by atoms with Crippen molar-refractivity contribution in [2.45, 2.75) is 0 Å². The van der Waals surface area contributed by atoms with Crippen LogP contribution in [0.25, 0.3) is 0 Å². The maximum absolute atomic E-state index is 4.25. The van der Waals surface area contributed by atoms with Crippen molar-refractivity contribution in [2.75, 3.05) is 28.4 Å². The van der Waals surface area contributed by atoms with E-state index in [9.17, 15) is 0 Å². The van der Waals surface area contributed by atoms with Gasteiger partial charge in [0.1, 0.15) is 6.01 Å². The molecule has 21 heavy (non-hydrogen) atoms. The summed E-state index contributed by atoms with van der Waals surface area (Å²) in [5.41, 5.74) is 1.72. The Bertz CT molecular complexity index is 461. The topological polar surface area (TPSA) is 43.2 Å². The smallest absolute Gasteiger partial charge is 0.100 e. The molecule has 112 valence electrons. The zero-order chi connectivity index (χ0) is 15.8. The zero-order valence-electron chi connectivity index (χ0n) is 13.0. The van der Waals surface area contributed by atoms with Crippen LogP contribution in [0.5, 0.6) is 0 Å². The number of para-hydroxylation sites is 2.